The van der Waals surface area contributed by atoms with Crippen LogP contribution in [0.2, 0.25) is 0 Å². The molecular weight excluding hydrogens is 805 g/mol. The van der Waals surface area contributed by atoms with Crippen LogP contribution in [0.15, 0.2) is 36.4 Å². The Morgan fingerprint density at radius 3 is 2.45 bits per heavy atom. The number of ether oxygens (including phenoxy) is 3. The number of rotatable bonds is 11. The molecule has 3 fully saturated rings. The van der Waals surface area contributed by atoms with Gasteiger partial charge in [0.1, 0.15) is 23.4 Å². The van der Waals surface area contributed by atoms with E-state index in [0.29, 0.717) is 42.2 Å². The number of alkyl halides is 2. The van der Waals surface area contributed by atoms with Gasteiger partial charge in [0.15, 0.2) is 5.60 Å². The van der Waals surface area contributed by atoms with Crippen molar-refractivity contribution in [1.29, 1.82) is 0 Å². The number of hydrogen-bond acceptors (Lipinski definition) is 10. The lowest BCUT2D eigenvalue weighted by atomic mass is 9.86. The molecule has 0 bridgehead atoms. The Bertz CT molecular complexity index is 2170. The van der Waals surface area contributed by atoms with Gasteiger partial charge in [-0.15, -0.1) is 0 Å². The smallest absolute Gasteiger partial charge is 0.408 e. The number of pyridine rings is 1. The highest BCUT2D eigenvalue weighted by Gasteiger charge is 2.71. The zero-order valence-electron chi connectivity index (χ0n) is 35.4. The average molecular weight is 862 g/mol. The number of allylic oxidation sites excluding steroid dienone is 1. The van der Waals surface area contributed by atoms with Crippen molar-refractivity contribution < 1.29 is 55.7 Å². The summed E-state index contributed by atoms with van der Waals surface area (Å²) < 4.78 is 80.3. The molecule has 18 heteroatoms. The van der Waals surface area contributed by atoms with Crippen molar-refractivity contribution in [2.75, 3.05) is 13.7 Å². The molecule has 4 amide bonds. The molecule has 2 aliphatic carbocycles. The molecule has 2 aliphatic heterocycles. The van der Waals surface area contributed by atoms with E-state index in [1.165, 1.54) is 14.0 Å². The summed E-state index contributed by atoms with van der Waals surface area (Å²) in [6, 6.07) is -2.41. The van der Waals surface area contributed by atoms with Crippen molar-refractivity contribution in [3.63, 3.8) is 0 Å². The van der Waals surface area contributed by atoms with E-state index in [4.69, 9.17) is 14.2 Å². The quantitative estimate of drug-likeness (QED) is 0.177. The van der Waals surface area contributed by atoms with Crippen molar-refractivity contribution in [3.8, 4) is 17.5 Å². The predicted octanol–water partition coefficient (Wildman–Crippen LogP) is 6.01. The molecule has 1 aromatic carbocycles. The van der Waals surface area contributed by atoms with E-state index >= 15 is 13.6 Å². The molecule has 0 spiro atoms. The molecule has 1 saturated heterocycles. The van der Waals surface area contributed by atoms with Crippen LogP contribution in [0.1, 0.15) is 99.8 Å². The third-order valence-electron chi connectivity index (χ3n) is 12.9. The number of methoxy groups -OCH3 is 1. The van der Waals surface area contributed by atoms with E-state index in [1.54, 1.807) is 58.0 Å². The predicted molar refractivity (Wildman–Crippen MR) is 217 cm³/mol. The fourth-order valence-corrected chi connectivity index (χ4v) is 9.92. The van der Waals surface area contributed by atoms with Crippen molar-refractivity contribution in [2.24, 2.45) is 17.8 Å². The van der Waals surface area contributed by atoms with Crippen LogP contribution in [0.5, 0.6) is 17.5 Å². The monoisotopic (exact) mass is 861 g/mol. The summed E-state index contributed by atoms with van der Waals surface area (Å²) in [7, 11) is -2.71. The maximum absolute atomic E-state index is 17.8. The Morgan fingerprint density at radius 2 is 1.83 bits per heavy atom. The number of hydrogen-bond donors (Lipinski definition) is 3. The molecule has 3 heterocycles. The molecule has 4 aliphatic rings. The number of fused-ring (bicyclic) bond motifs is 3. The van der Waals surface area contributed by atoms with Gasteiger partial charge in [0.05, 0.1) is 18.5 Å². The molecule has 1 aromatic heterocycles. The minimum absolute atomic E-state index is 0.0300. The van der Waals surface area contributed by atoms with Gasteiger partial charge in [-0.1, -0.05) is 32.9 Å². The fourth-order valence-electron chi connectivity index (χ4n) is 8.61. The highest BCUT2D eigenvalue weighted by molar-refractivity contribution is 7.91. The average Bonchev–Trinajstić information content (AvgIpc) is 4.08. The molecule has 2 saturated carbocycles. The van der Waals surface area contributed by atoms with Gasteiger partial charge in [-0.25, -0.2) is 13.2 Å². The van der Waals surface area contributed by atoms with Crippen LogP contribution < -0.4 is 24.2 Å². The van der Waals surface area contributed by atoms with E-state index in [0.717, 1.165) is 11.8 Å². The van der Waals surface area contributed by atoms with Gasteiger partial charge in [-0.3, -0.25) is 28.9 Å². The molecule has 330 valence electrons. The van der Waals surface area contributed by atoms with Gasteiger partial charge in [0.25, 0.3) is 11.8 Å². The number of nitrogens with one attached hydrogen (secondary N) is 2. The van der Waals surface area contributed by atoms with E-state index in [9.17, 15) is 27.9 Å². The molecule has 6 rings (SSSR count). The number of carboxylic acid groups (broad SMARTS) is 1. The standard InChI is InChI=1S/C42H57F2N5O10S/c1-9-26(5)48(38(53)54)33-25(4)19-24(3)13-11-12-14-28-22-41(28,37(52)47-60(55,56)39(6)17-18-39)46-34(50)31-23-40(7,42(43,44)49(31)36(33)51)59-35-30-16-15-29(57-8)20-27(30)21-32(45-35)58-10-2/h12,14-16,20-21,24-26,28,31,33H,9-11,13,17-19,22-23H2,1-8H3,(H,46,50)(H,47,52)(H,53,54)/b14-12-/t24-,25+,26?,28+,31-,33-,40+,41+/m0/s1. The van der Waals surface area contributed by atoms with Crippen molar-refractivity contribution in [2.45, 2.75) is 140 Å². The van der Waals surface area contributed by atoms with Crippen LogP contribution in [0.4, 0.5) is 13.6 Å². The van der Waals surface area contributed by atoms with E-state index in [-0.39, 0.29) is 48.4 Å². The van der Waals surface area contributed by atoms with E-state index in [1.807, 2.05) is 13.0 Å². The lowest BCUT2D eigenvalue weighted by molar-refractivity contribution is -0.219. The van der Waals surface area contributed by atoms with Gasteiger partial charge in [0, 0.05) is 29.8 Å². The van der Waals surface area contributed by atoms with Crippen LogP contribution in [0, 0.1) is 17.8 Å². The van der Waals surface area contributed by atoms with Crippen LogP contribution in [-0.4, -0.2) is 106 Å². The molecule has 3 N–H and O–H groups in total. The number of amides is 4. The van der Waals surface area contributed by atoms with Crippen molar-refractivity contribution >= 4 is 44.6 Å². The summed E-state index contributed by atoms with van der Waals surface area (Å²) >= 11 is 0. The summed E-state index contributed by atoms with van der Waals surface area (Å²) in [5.41, 5.74) is -4.53. The lowest BCUT2D eigenvalue weighted by Gasteiger charge is -2.42. The second kappa shape index (κ2) is 16.3. The SMILES string of the molecule is CCOc1cc2cc(OC)ccc2c(O[C@]2(C)C[C@H]3C(=O)N[C@]4(C(=O)NS(=O)(=O)C5(C)CC5)C[C@H]4/C=C\CC[C@H](C)C[C@@H](C)[C@H](N(C(=O)O)C(C)CC)C(=O)N3C2(F)F)n1. The third kappa shape index (κ3) is 8.07. The molecule has 1 unspecified atom stereocenters. The molecule has 15 nitrogen and oxygen atoms in total. The first kappa shape index (κ1) is 44.8. The minimum Gasteiger partial charge on any atom is -0.497 e. The number of carbonyl (C=O) groups excluding carboxylic acids is 3. The van der Waals surface area contributed by atoms with Crippen molar-refractivity contribution in [3.05, 3.63) is 36.4 Å². The van der Waals surface area contributed by atoms with E-state index < -0.39 is 92.2 Å². The lowest BCUT2D eigenvalue weighted by Crippen LogP contribution is -2.64. The summed E-state index contributed by atoms with van der Waals surface area (Å²) in [5, 5.41) is 14.0. The maximum atomic E-state index is 17.8. The molecule has 2 aromatic rings. The zero-order chi connectivity index (χ0) is 44.2. The van der Waals surface area contributed by atoms with Gasteiger partial charge in [0.2, 0.25) is 27.7 Å². The summed E-state index contributed by atoms with van der Waals surface area (Å²) in [6.45, 7) is 11.3. The summed E-state index contributed by atoms with van der Waals surface area (Å²) in [5.74, 6) is -4.86. The number of sulfonamides is 1. The van der Waals surface area contributed by atoms with Crippen molar-refractivity contribution in [1.82, 2.24) is 24.8 Å². The first-order valence-corrected chi connectivity index (χ1v) is 22.1. The first-order chi connectivity index (χ1) is 28.1. The Kier molecular flexibility index (Phi) is 12.1. The van der Waals surface area contributed by atoms with Gasteiger partial charge in [-0.05, 0) is 108 Å². The largest absolute Gasteiger partial charge is 0.497 e. The Balaban J connectivity index is 1.50. The second-order valence-corrected chi connectivity index (χ2v) is 19.7. The fraction of sp³-hybridized carbons (Fsp3) is 0.643. The summed E-state index contributed by atoms with van der Waals surface area (Å²) in [6.07, 6.45) is 3.48. The Hall–Kier alpha value is -4.74. The van der Waals surface area contributed by atoms with E-state index in [2.05, 4.69) is 15.0 Å². The number of halogens is 2. The maximum Gasteiger partial charge on any atom is 0.408 e. The van der Waals surface area contributed by atoms with Crippen LogP contribution in [0.25, 0.3) is 10.8 Å². The highest BCUT2D eigenvalue weighted by Crippen LogP contribution is 2.52. The highest BCUT2D eigenvalue weighted by atomic mass is 32.2. The van der Waals surface area contributed by atoms with Gasteiger partial charge in [-0.2, -0.15) is 13.8 Å². The van der Waals surface area contributed by atoms with Crippen LogP contribution >= 0.6 is 0 Å². The molecule has 0 radical (unpaired) electrons. The first-order valence-electron chi connectivity index (χ1n) is 20.7. The normalized spacial score (nSPS) is 31.0. The number of carbonyl (C=O) groups is 4. The second-order valence-electron chi connectivity index (χ2n) is 17.5. The topological polar surface area (TPSA) is 194 Å². The molecule has 60 heavy (non-hydrogen) atoms. The third-order valence-corrected chi connectivity index (χ3v) is 15.1. The Labute approximate surface area is 349 Å². The summed E-state index contributed by atoms with van der Waals surface area (Å²) in [4.78, 5) is 62.4. The number of aromatic nitrogens is 1. The minimum atomic E-state index is -4.31. The van der Waals surface area contributed by atoms with Gasteiger partial charge >= 0.3 is 12.1 Å². The van der Waals surface area contributed by atoms with Crippen LogP contribution in [-0.2, 0) is 24.4 Å². The molecule has 8 atom stereocenters. The Morgan fingerprint density at radius 1 is 1.13 bits per heavy atom. The zero-order valence-corrected chi connectivity index (χ0v) is 36.2. The number of benzene rings is 1. The molecular formula is C42H57F2N5O10S. The van der Waals surface area contributed by atoms with Gasteiger partial charge < -0.3 is 24.6 Å². The van der Waals surface area contributed by atoms with Crippen LogP contribution in [0.3, 0.4) is 0 Å². The number of nitrogens with zero attached hydrogens (tertiary/aromatic N) is 3.